The third kappa shape index (κ3) is 6.76. The smallest absolute Gasteiger partial charge is 0.348 e. The molecule has 0 saturated heterocycles. The Balaban J connectivity index is 1.90. The molecular weight excluding hydrogens is 491 g/mol. The molecule has 188 valence electrons. The van der Waals surface area contributed by atoms with Gasteiger partial charge in [-0.15, -0.1) is 22.9 Å². The fourth-order valence-electron chi connectivity index (χ4n) is 4.55. The molecule has 0 spiro atoms. The second-order valence-electron chi connectivity index (χ2n) is 10.00. The van der Waals surface area contributed by atoms with E-state index in [-0.39, 0.29) is 19.8 Å². The van der Waals surface area contributed by atoms with Gasteiger partial charge in [0.1, 0.15) is 11.5 Å². The highest BCUT2D eigenvalue weighted by atomic mass is 35.5. The lowest BCUT2D eigenvalue weighted by molar-refractivity contribution is -0.00595. The maximum Gasteiger partial charge on any atom is 0.348 e. The van der Waals surface area contributed by atoms with Crippen molar-refractivity contribution in [2.75, 3.05) is 19.8 Å². The first-order chi connectivity index (χ1) is 16.2. The fourth-order valence-corrected chi connectivity index (χ4v) is 6.49. The summed E-state index contributed by atoms with van der Waals surface area (Å²) in [5, 5.41) is 20.0. The van der Waals surface area contributed by atoms with Crippen molar-refractivity contribution >= 4 is 40.5 Å². The zero-order valence-corrected chi connectivity index (χ0v) is 22.7. The molecule has 1 aliphatic carbocycles. The second-order valence-corrected chi connectivity index (χ2v) is 12.2. The van der Waals surface area contributed by atoms with Gasteiger partial charge >= 0.3 is 5.97 Å². The SMILES string of the molecule is CCCc1sc(C(=O)OCC(C)(CO)CO)cc1-c1c(Cl)cc(C)cc1CC[C@H]1CC[C@@H](Cl)C1. The van der Waals surface area contributed by atoms with E-state index in [1.165, 1.54) is 23.3 Å². The molecule has 0 amide bonds. The molecule has 1 saturated carbocycles. The molecule has 34 heavy (non-hydrogen) atoms. The van der Waals surface area contributed by atoms with Crippen LogP contribution in [0, 0.1) is 18.3 Å². The molecule has 3 rings (SSSR count). The van der Waals surface area contributed by atoms with Crippen LogP contribution in [0.15, 0.2) is 18.2 Å². The van der Waals surface area contributed by atoms with Crippen LogP contribution in [0.4, 0.5) is 0 Å². The van der Waals surface area contributed by atoms with E-state index in [1.54, 1.807) is 6.92 Å². The van der Waals surface area contributed by atoms with E-state index in [0.29, 0.717) is 21.2 Å². The van der Waals surface area contributed by atoms with Crippen LogP contribution in [-0.4, -0.2) is 41.4 Å². The van der Waals surface area contributed by atoms with E-state index < -0.39 is 11.4 Å². The zero-order chi connectivity index (χ0) is 24.9. The number of carbonyl (C=O) groups is 1. The van der Waals surface area contributed by atoms with Crippen LogP contribution >= 0.6 is 34.5 Å². The first-order valence-electron chi connectivity index (χ1n) is 12.1. The molecule has 0 unspecified atom stereocenters. The summed E-state index contributed by atoms with van der Waals surface area (Å²) in [4.78, 5) is 14.5. The molecule has 2 N–H and O–H groups in total. The Labute approximate surface area is 217 Å². The average Bonchev–Trinajstić information content (AvgIpc) is 3.42. The quantitative estimate of drug-likeness (QED) is 0.249. The van der Waals surface area contributed by atoms with Crippen molar-refractivity contribution in [3.05, 3.63) is 44.1 Å². The summed E-state index contributed by atoms with van der Waals surface area (Å²) < 4.78 is 5.47. The number of hydrogen-bond donors (Lipinski definition) is 2. The number of carbonyl (C=O) groups excluding carboxylic acids is 1. The van der Waals surface area contributed by atoms with E-state index in [9.17, 15) is 15.0 Å². The van der Waals surface area contributed by atoms with Gasteiger partial charge in [-0.05, 0) is 80.2 Å². The van der Waals surface area contributed by atoms with E-state index in [4.69, 9.17) is 27.9 Å². The minimum atomic E-state index is -0.863. The molecule has 1 aromatic carbocycles. The van der Waals surface area contributed by atoms with Crippen molar-refractivity contribution in [1.82, 2.24) is 0 Å². The van der Waals surface area contributed by atoms with Gasteiger partial charge in [0.2, 0.25) is 0 Å². The topological polar surface area (TPSA) is 66.8 Å². The summed E-state index contributed by atoms with van der Waals surface area (Å²) in [6, 6.07) is 6.11. The number of ether oxygens (including phenoxy) is 1. The minimum absolute atomic E-state index is 0.0470. The van der Waals surface area contributed by atoms with E-state index in [1.807, 2.05) is 12.1 Å². The monoisotopic (exact) mass is 526 g/mol. The highest BCUT2D eigenvalue weighted by molar-refractivity contribution is 7.14. The maximum absolute atomic E-state index is 12.9. The van der Waals surface area contributed by atoms with Crippen molar-refractivity contribution in [2.24, 2.45) is 11.3 Å². The molecule has 0 bridgehead atoms. The highest BCUT2D eigenvalue weighted by Crippen LogP contribution is 2.41. The predicted octanol–water partition coefficient (Wildman–Crippen LogP) is 6.82. The minimum Gasteiger partial charge on any atom is -0.461 e. The lowest BCUT2D eigenvalue weighted by atomic mass is 9.91. The Hall–Kier alpha value is -1.11. The van der Waals surface area contributed by atoms with Crippen molar-refractivity contribution < 1.29 is 19.7 Å². The Kier molecular flexibility index (Phi) is 9.88. The molecule has 0 radical (unpaired) electrons. The Bertz CT molecular complexity index is 983. The van der Waals surface area contributed by atoms with Crippen LogP contribution in [0.2, 0.25) is 5.02 Å². The van der Waals surface area contributed by atoms with E-state index in [0.717, 1.165) is 60.1 Å². The average molecular weight is 528 g/mol. The van der Waals surface area contributed by atoms with Gasteiger partial charge in [0.05, 0.1) is 13.2 Å². The Morgan fingerprint density at radius 3 is 2.56 bits per heavy atom. The lowest BCUT2D eigenvalue weighted by Gasteiger charge is -2.23. The normalized spacial score (nSPS) is 18.4. The largest absolute Gasteiger partial charge is 0.461 e. The molecule has 1 fully saturated rings. The van der Waals surface area contributed by atoms with E-state index in [2.05, 4.69) is 19.9 Å². The highest BCUT2D eigenvalue weighted by Gasteiger charge is 2.27. The summed E-state index contributed by atoms with van der Waals surface area (Å²) in [7, 11) is 0. The number of aryl methyl sites for hydroxylation is 3. The van der Waals surface area contributed by atoms with Gasteiger partial charge < -0.3 is 14.9 Å². The summed E-state index contributed by atoms with van der Waals surface area (Å²) >= 11 is 14.6. The van der Waals surface area contributed by atoms with Gasteiger partial charge in [0.25, 0.3) is 0 Å². The number of aliphatic hydroxyl groups is 2. The molecule has 7 heteroatoms. The van der Waals surface area contributed by atoms with Crippen LogP contribution < -0.4 is 0 Å². The van der Waals surface area contributed by atoms with Crippen LogP contribution in [-0.2, 0) is 17.6 Å². The fraction of sp³-hybridized carbons (Fsp3) is 0.593. The Morgan fingerprint density at radius 1 is 1.21 bits per heavy atom. The summed E-state index contributed by atoms with van der Waals surface area (Å²) in [5.41, 5.74) is 3.50. The third-order valence-electron chi connectivity index (χ3n) is 6.69. The van der Waals surface area contributed by atoms with Crippen molar-refractivity contribution in [2.45, 2.75) is 71.1 Å². The van der Waals surface area contributed by atoms with Crippen LogP contribution in [0.25, 0.3) is 11.1 Å². The van der Waals surface area contributed by atoms with Crippen LogP contribution in [0.3, 0.4) is 0 Å². The molecule has 1 aromatic heterocycles. The standard InChI is InChI=1S/C27H36Cl2O4S/c1-4-5-23-21(13-24(34-23)26(32)33-16-27(3,14-30)15-31)25-19(10-17(2)11-22(25)29)8-6-18-7-9-20(28)12-18/h10-11,13,18,20,30-31H,4-9,12,14-16H2,1-3H3/t18-,20+/m0/s1. The first-order valence-corrected chi connectivity index (χ1v) is 13.8. The van der Waals surface area contributed by atoms with Gasteiger partial charge in [-0.3, -0.25) is 0 Å². The summed E-state index contributed by atoms with van der Waals surface area (Å²) in [5.74, 6) is 0.204. The molecule has 2 aromatic rings. The number of aliphatic hydroxyl groups excluding tert-OH is 2. The number of halogens is 2. The molecular formula is C27H36Cl2O4S. The van der Waals surface area contributed by atoms with E-state index >= 15 is 0 Å². The van der Waals surface area contributed by atoms with Crippen molar-refractivity contribution in [3.63, 3.8) is 0 Å². The number of hydrogen-bond acceptors (Lipinski definition) is 5. The first kappa shape index (κ1) is 27.5. The van der Waals surface area contributed by atoms with Crippen LogP contribution in [0.5, 0.6) is 0 Å². The van der Waals surface area contributed by atoms with Gasteiger partial charge in [0, 0.05) is 26.3 Å². The molecule has 1 heterocycles. The van der Waals surface area contributed by atoms with Gasteiger partial charge in [-0.25, -0.2) is 4.79 Å². The molecule has 1 aliphatic rings. The number of benzene rings is 1. The third-order valence-corrected chi connectivity index (χ3v) is 8.56. The summed E-state index contributed by atoms with van der Waals surface area (Å²) in [6.07, 6.45) is 7.16. The van der Waals surface area contributed by atoms with Crippen molar-refractivity contribution in [3.8, 4) is 11.1 Å². The van der Waals surface area contributed by atoms with Crippen LogP contribution in [0.1, 0.15) is 71.6 Å². The Morgan fingerprint density at radius 2 is 1.94 bits per heavy atom. The number of thiophene rings is 1. The molecule has 4 nitrogen and oxygen atoms in total. The van der Waals surface area contributed by atoms with Gasteiger partial charge in [0.15, 0.2) is 0 Å². The number of alkyl halides is 1. The van der Waals surface area contributed by atoms with Gasteiger partial charge in [-0.2, -0.15) is 0 Å². The number of rotatable bonds is 11. The molecule has 2 atom stereocenters. The second kappa shape index (κ2) is 12.2. The molecule has 0 aliphatic heterocycles. The lowest BCUT2D eigenvalue weighted by Crippen LogP contribution is -2.32. The van der Waals surface area contributed by atoms with Crippen molar-refractivity contribution in [1.29, 1.82) is 0 Å². The zero-order valence-electron chi connectivity index (χ0n) is 20.3. The van der Waals surface area contributed by atoms with Gasteiger partial charge in [-0.1, -0.05) is 37.9 Å². The predicted molar refractivity (Wildman–Crippen MR) is 141 cm³/mol. The maximum atomic E-state index is 12.9. The summed E-state index contributed by atoms with van der Waals surface area (Å²) in [6.45, 7) is 5.29. The number of esters is 1.